The fourth-order valence-corrected chi connectivity index (χ4v) is 3.46. The van der Waals surface area contributed by atoms with E-state index in [1.807, 2.05) is 19.2 Å². The summed E-state index contributed by atoms with van der Waals surface area (Å²) in [5, 5.41) is 4.19. The fraction of sp³-hybridized carbons (Fsp3) is 0.190. The first-order valence-corrected chi connectivity index (χ1v) is 9.51. The first kappa shape index (κ1) is 20.2. The second-order valence-corrected chi connectivity index (χ2v) is 7.29. The highest BCUT2D eigenvalue weighted by Gasteiger charge is 2.33. The lowest BCUT2D eigenvalue weighted by Crippen LogP contribution is -2.12. The van der Waals surface area contributed by atoms with Gasteiger partial charge in [-0.25, -0.2) is 9.97 Å². The molecule has 0 bridgehead atoms. The third kappa shape index (κ3) is 4.23. The highest BCUT2D eigenvalue weighted by atomic mass is 35.5. The van der Waals surface area contributed by atoms with Gasteiger partial charge >= 0.3 is 6.18 Å². The van der Waals surface area contributed by atoms with E-state index in [1.54, 1.807) is 12.3 Å². The maximum absolute atomic E-state index is 13.1. The molecule has 0 fully saturated rings. The summed E-state index contributed by atoms with van der Waals surface area (Å²) < 4.78 is 39.3. The number of nitrogens with one attached hydrogen (secondary N) is 2. The molecule has 0 spiro atoms. The van der Waals surface area contributed by atoms with E-state index in [0.29, 0.717) is 12.2 Å². The predicted octanol–water partition coefficient (Wildman–Crippen LogP) is 5.54. The number of alkyl halides is 3. The Morgan fingerprint density at radius 3 is 2.70 bits per heavy atom. The van der Waals surface area contributed by atoms with Gasteiger partial charge in [-0.05, 0) is 41.8 Å². The predicted molar refractivity (Wildman–Crippen MR) is 109 cm³/mol. The van der Waals surface area contributed by atoms with Gasteiger partial charge in [0.25, 0.3) is 0 Å². The molecule has 4 heterocycles. The van der Waals surface area contributed by atoms with Gasteiger partial charge in [-0.2, -0.15) is 13.2 Å². The quantitative estimate of drug-likeness (QED) is 0.407. The van der Waals surface area contributed by atoms with Crippen molar-refractivity contribution in [2.24, 2.45) is 0 Å². The van der Waals surface area contributed by atoms with Crippen LogP contribution in [0, 0.1) is 6.92 Å². The highest BCUT2D eigenvalue weighted by Crippen LogP contribution is 2.32. The van der Waals surface area contributed by atoms with Crippen molar-refractivity contribution in [2.75, 3.05) is 5.32 Å². The summed E-state index contributed by atoms with van der Waals surface area (Å²) >= 11 is 6.35. The molecule has 0 aliphatic rings. The Morgan fingerprint density at radius 2 is 1.93 bits per heavy atom. The molecule has 0 aliphatic carbocycles. The largest absolute Gasteiger partial charge is 0.416 e. The van der Waals surface area contributed by atoms with E-state index in [2.05, 4.69) is 31.3 Å². The van der Waals surface area contributed by atoms with Gasteiger partial charge in [0.2, 0.25) is 0 Å². The van der Waals surface area contributed by atoms with Crippen LogP contribution in [0.25, 0.3) is 11.0 Å². The standard InChI is InChI=1S/C21H17ClF3N5/c1-12-6-16-14(10-29-20(16)28-8-12)7-13-2-3-18(30-19(13)22)27-11-15-9-26-5-4-17(15)21(23,24)25/h2-6,8-10H,7,11H2,1H3,(H,27,30)(H,28,29). The maximum Gasteiger partial charge on any atom is 0.416 e. The third-order valence-corrected chi connectivity index (χ3v) is 5.06. The van der Waals surface area contributed by atoms with Crippen LogP contribution in [-0.4, -0.2) is 19.9 Å². The number of aromatic amines is 1. The van der Waals surface area contributed by atoms with Gasteiger partial charge in [0.15, 0.2) is 0 Å². The lowest BCUT2D eigenvalue weighted by Gasteiger charge is -2.13. The van der Waals surface area contributed by atoms with Crippen molar-refractivity contribution in [2.45, 2.75) is 26.1 Å². The average Bonchev–Trinajstić information content (AvgIpc) is 3.09. The van der Waals surface area contributed by atoms with Crippen LogP contribution < -0.4 is 5.32 Å². The normalized spacial score (nSPS) is 11.8. The Bertz CT molecular complexity index is 1200. The molecule has 30 heavy (non-hydrogen) atoms. The Labute approximate surface area is 175 Å². The van der Waals surface area contributed by atoms with Gasteiger partial charge in [-0.3, -0.25) is 4.98 Å². The Morgan fingerprint density at radius 1 is 1.10 bits per heavy atom. The molecule has 0 aromatic carbocycles. The average molecular weight is 432 g/mol. The molecule has 4 rings (SSSR count). The molecule has 0 unspecified atom stereocenters. The Balaban J connectivity index is 1.51. The zero-order chi connectivity index (χ0) is 21.3. The molecule has 0 saturated heterocycles. The molecule has 0 saturated carbocycles. The van der Waals surface area contributed by atoms with Crippen LogP contribution in [0.5, 0.6) is 0 Å². The van der Waals surface area contributed by atoms with Crippen LogP contribution in [0.3, 0.4) is 0 Å². The molecule has 0 aliphatic heterocycles. The summed E-state index contributed by atoms with van der Waals surface area (Å²) in [6.07, 6.45) is 2.11. The summed E-state index contributed by atoms with van der Waals surface area (Å²) in [6, 6.07) is 6.52. The van der Waals surface area contributed by atoms with E-state index in [4.69, 9.17) is 11.6 Å². The zero-order valence-electron chi connectivity index (χ0n) is 15.9. The molecule has 0 atom stereocenters. The fourth-order valence-electron chi connectivity index (χ4n) is 3.24. The lowest BCUT2D eigenvalue weighted by molar-refractivity contribution is -0.138. The summed E-state index contributed by atoms with van der Waals surface area (Å²) in [6.45, 7) is 1.91. The minimum absolute atomic E-state index is 0.0358. The van der Waals surface area contributed by atoms with Crippen molar-refractivity contribution < 1.29 is 13.2 Å². The van der Waals surface area contributed by atoms with Crippen molar-refractivity contribution in [1.29, 1.82) is 0 Å². The molecule has 4 aromatic heterocycles. The number of aromatic nitrogens is 4. The van der Waals surface area contributed by atoms with Gasteiger partial charge in [-0.1, -0.05) is 17.7 Å². The molecular formula is C21H17ClF3N5. The number of aryl methyl sites for hydroxylation is 1. The Kier molecular flexibility index (Phi) is 5.34. The van der Waals surface area contributed by atoms with E-state index in [1.165, 1.54) is 6.20 Å². The minimum atomic E-state index is -4.44. The molecule has 154 valence electrons. The first-order valence-electron chi connectivity index (χ1n) is 9.13. The SMILES string of the molecule is Cc1cnc2[nH]cc(Cc3ccc(NCc4cnccc4C(F)(F)F)nc3Cl)c2c1. The minimum Gasteiger partial charge on any atom is -0.366 e. The number of nitrogens with zero attached hydrogens (tertiary/aromatic N) is 3. The van der Waals surface area contributed by atoms with Crippen LogP contribution in [0.4, 0.5) is 19.0 Å². The van der Waals surface area contributed by atoms with Crippen LogP contribution in [0.15, 0.2) is 49.1 Å². The van der Waals surface area contributed by atoms with Gasteiger partial charge in [0, 0.05) is 48.7 Å². The molecule has 4 aromatic rings. The Hall–Kier alpha value is -3.13. The van der Waals surface area contributed by atoms with Crippen LogP contribution in [0.2, 0.25) is 5.15 Å². The summed E-state index contributed by atoms with van der Waals surface area (Å²) in [4.78, 5) is 15.6. The summed E-state index contributed by atoms with van der Waals surface area (Å²) in [5.74, 6) is 0.386. The number of hydrogen-bond acceptors (Lipinski definition) is 4. The van der Waals surface area contributed by atoms with Crippen molar-refractivity contribution in [1.82, 2.24) is 19.9 Å². The number of H-pyrrole nitrogens is 1. The highest BCUT2D eigenvalue weighted by molar-refractivity contribution is 6.30. The second kappa shape index (κ2) is 7.95. The van der Waals surface area contributed by atoms with E-state index in [0.717, 1.165) is 40.0 Å². The number of halogens is 4. The third-order valence-electron chi connectivity index (χ3n) is 4.73. The smallest absolute Gasteiger partial charge is 0.366 e. The van der Waals surface area contributed by atoms with Crippen molar-refractivity contribution in [3.63, 3.8) is 0 Å². The molecule has 0 amide bonds. The number of fused-ring (bicyclic) bond motifs is 1. The van der Waals surface area contributed by atoms with E-state index in [9.17, 15) is 13.2 Å². The molecular weight excluding hydrogens is 415 g/mol. The zero-order valence-corrected chi connectivity index (χ0v) is 16.6. The number of rotatable bonds is 5. The molecule has 5 nitrogen and oxygen atoms in total. The monoisotopic (exact) mass is 431 g/mol. The molecule has 9 heteroatoms. The van der Waals surface area contributed by atoms with Gasteiger partial charge in [0.05, 0.1) is 5.56 Å². The van der Waals surface area contributed by atoms with Crippen LogP contribution in [0.1, 0.15) is 27.8 Å². The lowest BCUT2D eigenvalue weighted by atomic mass is 10.1. The van der Waals surface area contributed by atoms with Crippen molar-refractivity contribution in [3.8, 4) is 0 Å². The first-order chi connectivity index (χ1) is 14.3. The van der Waals surface area contributed by atoms with Gasteiger partial charge in [-0.15, -0.1) is 0 Å². The second-order valence-electron chi connectivity index (χ2n) is 6.93. The topological polar surface area (TPSA) is 66.5 Å². The van der Waals surface area contributed by atoms with Crippen molar-refractivity contribution >= 4 is 28.5 Å². The van der Waals surface area contributed by atoms with Gasteiger partial charge < -0.3 is 10.3 Å². The summed E-state index contributed by atoms with van der Waals surface area (Å²) in [7, 11) is 0. The van der Waals surface area contributed by atoms with E-state index >= 15 is 0 Å². The maximum atomic E-state index is 13.1. The van der Waals surface area contributed by atoms with Gasteiger partial charge in [0.1, 0.15) is 16.6 Å². The van der Waals surface area contributed by atoms with E-state index in [-0.39, 0.29) is 17.3 Å². The summed E-state index contributed by atoms with van der Waals surface area (Å²) in [5.41, 5.74) is 3.01. The van der Waals surface area contributed by atoms with Crippen molar-refractivity contribution in [3.05, 3.63) is 82.0 Å². The molecule has 0 radical (unpaired) electrons. The van der Waals surface area contributed by atoms with Crippen LogP contribution in [-0.2, 0) is 19.1 Å². The number of anilines is 1. The van der Waals surface area contributed by atoms with E-state index < -0.39 is 11.7 Å². The number of hydrogen-bond donors (Lipinski definition) is 2. The molecule has 2 N–H and O–H groups in total. The number of pyridine rings is 3. The van der Waals surface area contributed by atoms with Crippen LogP contribution >= 0.6 is 11.6 Å².